The topological polar surface area (TPSA) is 66.5 Å². The number of amides is 2. The number of likely N-dealkylation sites (tertiary alicyclic amines) is 1. The average Bonchev–Trinajstić information content (AvgIpc) is 2.59. The molecule has 0 spiro atoms. The minimum atomic E-state index is -0.0231. The molecule has 0 bridgehead atoms. The molecule has 5 heteroatoms. The molecule has 0 unspecified atom stereocenters. The van der Waals surface area contributed by atoms with Crippen molar-refractivity contribution in [1.29, 1.82) is 0 Å². The van der Waals surface area contributed by atoms with Crippen LogP contribution in [0.15, 0.2) is 24.3 Å². The van der Waals surface area contributed by atoms with Crippen molar-refractivity contribution < 1.29 is 14.4 Å². The summed E-state index contributed by atoms with van der Waals surface area (Å²) in [5, 5.41) is 3.08. The van der Waals surface area contributed by atoms with E-state index in [1.54, 1.807) is 0 Å². The number of Topliss-reactive ketones (excluding diaryl/α,β-unsaturated/α-hetero) is 1. The van der Waals surface area contributed by atoms with Gasteiger partial charge in [-0.15, -0.1) is 0 Å². The van der Waals surface area contributed by atoms with Crippen LogP contribution in [0.1, 0.15) is 68.8 Å². The van der Waals surface area contributed by atoms with Gasteiger partial charge in [0.15, 0.2) is 5.78 Å². The van der Waals surface area contributed by atoms with E-state index in [2.05, 4.69) is 5.32 Å². The van der Waals surface area contributed by atoms with E-state index < -0.39 is 0 Å². The van der Waals surface area contributed by atoms with Gasteiger partial charge in [-0.05, 0) is 25.2 Å². The summed E-state index contributed by atoms with van der Waals surface area (Å²) in [6.45, 7) is 9.40. The van der Waals surface area contributed by atoms with Crippen LogP contribution in [-0.2, 0) is 9.59 Å². The van der Waals surface area contributed by atoms with Crippen molar-refractivity contribution in [1.82, 2.24) is 10.2 Å². The normalized spacial score (nSPS) is 15.5. The summed E-state index contributed by atoms with van der Waals surface area (Å²) in [5.74, 6) is 0.110. The largest absolute Gasteiger partial charge is 0.353 e. The number of hydrogen-bond acceptors (Lipinski definition) is 3. The Balaban J connectivity index is 1.72. The fourth-order valence-corrected chi connectivity index (χ4v) is 3.30. The highest BCUT2D eigenvalue weighted by molar-refractivity contribution is 5.98. The predicted octanol–water partition coefficient (Wildman–Crippen LogP) is 3.50. The Morgan fingerprint density at radius 2 is 1.63 bits per heavy atom. The van der Waals surface area contributed by atoms with Gasteiger partial charge >= 0.3 is 0 Å². The fourth-order valence-electron chi connectivity index (χ4n) is 3.30. The summed E-state index contributed by atoms with van der Waals surface area (Å²) in [5.41, 5.74) is 1.75. The summed E-state index contributed by atoms with van der Waals surface area (Å²) in [6.07, 6.45) is 2.53. The zero-order valence-corrected chi connectivity index (χ0v) is 17.0. The van der Waals surface area contributed by atoms with Gasteiger partial charge in [-0.3, -0.25) is 14.4 Å². The Morgan fingerprint density at radius 3 is 2.19 bits per heavy atom. The first-order valence-electron chi connectivity index (χ1n) is 9.81. The van der Waals surface area contributed by atoms with Crippen molar-refractivity contribution >= 4 is 17.6 Å². The van der Waals surface area contributed by atoms with Gasteiger partial charge in [0.25, 0.3) is 0 Å². The lowest BCUT2D eigenvalue weighted by atomic mass is 9.91. The van der Waals surface area contributed by atoms with Gasteiger partial charge in [0.2, 0.25) is 11.8 Å². The molecule has 0 aliphatic carbocycles. The Kier molecular flexibility index (Phi) is 7.17. The van der Waals surface area contributed by atoms with Crippen LogP contribution in [0.4, 0.5) is 0 Å². The van der Waals surface area contributed by atoms with E-state index in [4.69, 9.17) is 0 Å². The predicted molar refractivity (Wildman–Crippen MR) is 107 cm³/mol. The monoisotopic (exact) mass is 372 g/mol. The minimum Gasteiger partial charge on any atom is -0.353 e. The highest BCUT2D eigenvalue weighted by atomic mass is 16.2. The molecule has 1 aromatic rings. The van der Waals surface area contributed by atoms with Crippen molar-refractivity contribution in [3.05, 3.63) is 35.4 Å². The number of piperidine rings is 1. The standard InChI is InChI=1S/C22H32N2O3/c1-16-5-7-17(8-6-16)19(25)9-10-21(27)24-13-11-18(12-14-24)23-20(26)15-22(2,3)4/h5-8,18H,9-15H2,1-4H3,(H,23,26). The van der Waals surface area contributed by atoms with Crippen LogP contribution >= 0.6 is 0 Å². The van der Waals surface area contributed by atoms with Crippen LogP contribution < -0.4 is 5.32 Å². The highest BCUT2D eigenvalue weighted by Crippen LogP contribution is 2.19. The molecule has 5 nitrogen and oxygen atoms in total. The lowest BCUT2D eigenvalue weighted by Crippen LogP contribution is -2.47. The molecular formula is C22H32N2O3. The van der Waals surface area contributed by atoms with Crippen LogP contribution in [0.25, 0.3) is 0 Å². The molecule has 27 heavy (non-hydrogen) atoms. The Hall–Kier alpha value is -2.17. The molecular weight excluding hydrogens is 340 g/mol. The smallest absolute Gasteiger partial charge is 0.223 e. The van der Waals surface area contributed by atoms with Gasteiger partial charge in [0.05, 0.1) is 0 Å². The maximum absolute atomic E-state index is 12.4. The number of benzene rings is 1. The van der Waals surface area contributed by atoms with Crippen molar-refractivity contribution in [3.63, 3.8) is 0 Å². The van der Waals surface area contributed by atoms with Gasteiger partial charge in [0.1, 0.15) is 0 Å². The molecule has 1 saturated heterocycles. The summed E-state index contributed by atoms with van der Waals surface area (Å²) < 4.78 is 0. The number of rotatable bonds is 6. The van der Waals surface area contributed by atoms with Crippen LogP contribution in [0, 0.1) is 12.3 Å². The average molecular weight is 373 g/mol. The Labute approximate surface area is 162 Å². The van der Waals surface area contributed by atoms with Crippen molar-refractivity contribution in [2.24, 2.45) is 5.41 Å². The molecule has 1 aliphatic heterocycles. The van der Waals surface area contributed by atoms with Gasteiger partial charge < -0.3 is 10.2 Å². The Bertz CT molecular complexity index is 666. The number of hydrogen-bond donors (Lipinski definition) is 1. The van der Waals surface area contributed by atoms with Crippen LogP contribution in [-0.4, -0.2) is 41.6 Å². The van der Waals surface area contributed by atoms with E-state index in [0.717, 1.165) is 18.4 Å². The number of aryl methyl sites for hydroxylation is 1. The van der Waals surface area contributed by atoms with Gasteiger partial charge in [-0.1, -0.05) is 50.6 Å². The van der Waals surface area contributed by atoms with Crippen LogP contribution in [0.3, 0.4) is 0 Å². The molecule has 1 aromatic carbocycles. The van der Waals surface area contributed by atoms with E-state index in [0.29, 0.717) is 25.1 Å². The van der Waals surface area contributed by atoms with E-state index in [-0.39, 0.29) is 41.9 Å². The summed E-state index contributed by atoms with van der Waals surface area (Å²) in [6, 6.07) is 7.58. The van der Waals surface area contributed by atoms with E-state index in [1.807, 2.05) is 56.9 Å². The van der Waals surface area contributed by atoms with Crippen LogP contribution in [0.2, 0.25) is 0 Å². The zero-order valence-electron chi connectivity index (χ0n) is 17.0. The number of nitrogens with one attached hydrogen (secondary N) is 1. The fraction of sp³-hybridized carbons (Fsp3) is 0.591. The minimum absolute atomic E-state index is 0.00711. The quantitative estimate of drug-likeness (QED) is 0.777. The number of ketones is 1. The number of carbonyl (C=O) groups is 3. The third-order valence-corrected chi connectivity index (χ3v) is 4.84. The summed E-state index contributed by atoms with van der Waals surface area (Å²) >= 11 is 0. The van der Waals surface area contributed by atoms with Crippen molar-refractivity contribution in [2.75, 3.05) is 13.1 Å². The molecule has 1 fully saturated rings. The highest BCUT2D eigenvalue weighted by Gasteiger charge is 2.25. The third kappa shape index (κ3) is 7.16. The lowest BCUT2D eigenvalue weighted by molar-refractivity contribution is -0.132. The second-order valence-corrected chi connectivity index (χ2v) is 8.75. The molecule has 2 rings (SSSR count). The van der Waals surface area contributed by atoms with E-state index >= 15 is 0 Å². The maximum atomic E-state index is 12.4. The summed E-state index contributed by atoms with van der Waals surface area (Å²) in [7, 11) is 0. The van der Waals surface area contributed by atoms with E-state index in [9.17, 15) is 14.4 Å². The zero-order chi connectivity index (χ0) is 20.0. The molecule has 0 radical (unpaired) electrons. The molecule has 0 atom stereocenters. The van der Waals surface area contributed by atoms with Crippen molar-refractivity contribution in [3.8, 4) is 0 Å². The Morgan fingerprint density at radius 1 is 1.04 bits per heavy atom. The molecule has 1 N–H and O–H groups in total. The van der Waals surface area contributed by atoms with Gasteiger partial charge in [0, 0.05) is 44.0 Å². The van der Waals surface area contributed by atoms with E-state index in [1.165, 1.54) is 0 Å². The van der Waals surface area contributed by atoms with Crippen molar-refractivity contribution in [2.45, 2.75) is 65.8 Å². The molecule has 0 saturated carbocycles. The summed E-state index contributed by atoms with van der Waals surface area (Å²) in [4.78, 5) is 38.5. The molecule has 0 aromatic heterocycles. The molecule has 1 heterocycles. The van der Waals surface area contributed by atoms with Gasteiger partial charge in [-0.25, -0.2) is 0 Å². The second kappa shape index (κ2) is 9.16. The second-order valence-electron chi connectivity index (χ2n) is 8.75. The molecule has 1 aliphatic rings. The first-order chi connectivity index (χ1) is 12.6. The molecule has 2 amide bonds. The third-order valence-electron chi connectivity index (χ3n) is 4.84. The first-order valence-corrected chi connectivity index (χ1v) is 9.81. The first kappa shape index (κ1) is 21.1. The SMILES string of the molecule is Cc1ccc(C(=O)CCC(=O)N2CCC(NC(=O)CC(C)(C)C)CC2)cc1. The number of nitrogens with zero attached hydrogens (tertiary/aromatic N) is 1. The lowest BCUT2D eigenvalue weighted by Gasteiger charge is -2.33. The molecule has 148 valence electrons. The number of carbonyl (C=O) groups excluding carboxylic acids is 3. The van der Waals surface area contributed by atoms with Gasteiger partial charge in [-0.2, -0.15) is 0 Å². The maximum Gasteiger partial charge on any atom is 0.223 e. The van der Waals surface area contributed by atoms with Crippen LogP contribution in [0.5, 0.6) is 0 Å².